The minimum atomic E-state index is 0.0150. The van der Waals surface area contributed by atoms with E-state index in [-0.39, 0.29) is 11.8 Å². The third kappa shape index (κ3) is 3.09. The number of aromatic nitrogens is 2. The standard InChI is InChI=1S/C20H26N4O/c1-14-8-16(15-6-4-3-5-7-15)13-24(14)20(25)19-11-21-10-18(19)17-9-22-23(2)12-17/h3-7,9,12,14,16,18-19,21H,8,10-11,13H2,1-2H3/t14?,16?,18-,19+/m1/s1. The molecule has 0 aliphatic carbocycles. The second-order valence-electron chi connectivity index (χ2n) is 7.50. The van der Waals surface area contributed by atoms with Crippen molar-refractivity contribution in [3.05, 3.63) is 53.9 Å². The smallest absolute Gasteiger partial charge is 0.227 e. The molecule has 2 aliphatic heterocycles. The van der Waals surface area contributed by atoms with Gasteiger partial charge in [0.05, 0.1) is 12.1 Å². The fourth-order valence-electron chi connectivity index (χ4n) is 4.44. The molecule has 2 aliphatic rings. The summed E-state index contributed by atoms with van der Waals surface area (Å²) in [5, 5.41) is 7.69. The van der Waals surface area contributed by atoms with Gasteiger partial charge in [-0.3, -0.25) is 9.48 Å². The summed E-state index contributed by atoms with van der Waals surface area (Å²) < 4.78 is 1.82. The zero-order valence-corrected chi connectivity index (χ0v) is 14.9. The topological polar surface area (TPSA) is 50.2 Å². The van der Waals surface area contributed by atoms with Crippen LogP contribution in [0.4, 0.5) is 0 Å². The first kappa shape index (κ1) is 16.3. The molecule has 2 unspecified atom stereocenters. The highest BCUT2D eigenvalue weighted by Crippen LogP contribution is 2.36. The van der Waals surface area contributed by atoms with Gasteiger partial charge in [0.1, 0.15) is 0 Å². The fraction of sp³-hybridized carbons (Fsp3) is 0.500. The van der Waals surface area contributed by atoms with Crippen LogP contribution in [-0.2, 0) is 11.8 Å². The van der Waals surface area contributed by atoms with Gasteiger partial charge in [0.15, 0.2) is 0 Å². The molecule has 2 aromatic rings. The number of aryl methyl sites for hydroxylation is 1. The molecule has 5 heteroatoms. The minimum Gasteiger partial charge on any atom is -0.339 e. The summed E-state index contributed by atoms with van der Waals surface area (Å²) in [4.78, 5) is 15.4. The summed E-state index contributed by atoms with van der Waals surface area (Å²) >= 11 is 0. The Hall–Kier alpha value is -2.14. The summed E-state index contributed by atoms with van der Waals surface area (Å²) in [5.74, 6) is 0.987. The Morgan fingerprint density at radius 3 is 2.72 bits per heavy atom. The van der Waals surface area contributed by atoms with Gasteiger partial charge in [-0.2, -0.15) is 5.10 Å². The van der Waals surface area contributed by atoms with Crippen LogP contribution in [0.3, 0.4) is 0 Å². The van der Waals surface area contributed by atoms with Crippen LogP contribution < -0.4 is 5.32 Å². The Morgan fingerprint density at radius 1 is 1.20 bits per heavy atom. The number of likely N-dealkylation sites (tertiary alicyclic amines) is 1. The third-order valence-electron chi connectivity index (χ3n) is 5.81. The van der Waals surface area contributed by atoms with Crippen LogP contribution in [0.2, 0.25) is 0 Å². The van der Waals surface area contributed by atoms with Crippen LogP contribution in [-0.4, -0.2) is 46.3 Å². The molecule has 0 bridgehead atoms. The third-order valence-corrected chi connectivity index (χ3v) is 5.81. The van der Waals surface area contributed by atoms with E-state index in [1.54, 1.807) is 0 Å². The number of carbonyl (C=O) groups excluding carboxylic acids is 1. The highest BCUT2D eigenvalue weighted by molar-refractivity contribution is 5.81. The van der Waals surface area contributed by atoms with Crippen molar-refractivity contribution >= 4 is 5.91 Å². The van der Waals surface area contributed by atoms with E-state index < -0.39 is 0 Å². The van der Waals surface area contributed by atoms with Gasteiger partial charge in [0, 0.05) is 50.8 Å². The van der Waals surface area contributed by atoms with E-state index in [0.29, 0.717) is 17.9 Å². The monoisotopic (exact) mass is 338 g/mol. The lowest BCUT2D eigenvalue weighted by atomic mass is 9.89. The van der Waals surface area contributed by atoms with Gasteiger partial charge in [-0.25, -0.2) is 0 Å². The first-order valence-electron chi connectivity index (χ1n) is 9.18. The van der Waals surface area contributed by atoms with Crippen molar-refractivity contribution in [1.29, 1.82) is 0 Å². The molecular formula is C20H26N4O. The molecule has 0 saturated carbocycles. The summed E-state index contributed by atoms with van der Waals surface area (Å²) in [6, 6.07) is 10.9. The number of nitrogens with zero attached hydrogens (tertiary/aromatic N) is 3. The highest BCUT2D eigenvalue weighted by Gasteiger charge is 2.41. The van der Waals surface area contributed by atoms with E-state index in [1.807, 2.05) is 30.2 Å². The Bertz CT molecular complexity index is 741. The number of nitrogens with one attached hydrogen (secondary N) is 1. The van der Waals surface area contributed by atoms with E-state index in [2.05, 4.69) is 46.5 Å². The van der Waals surface area contributed by atoms with E-state index in [1.165, 1.54) is 5.56 Å². The van der Waals surface area contributed by atoms with Gasteiger partial charge >= 0.3 is 0 Å². The van der Waals surface area contributed by atoms with Gasteiger partial charge in [0.25, 0.3) is 0 Å². The van der Waals surface area contributed by atoms with E-state index in [9.17, 15) is 4.79 Å². The molecule has 132 valence electrons. The predicted octanol–water partition coefficient (Wildman–Crippen LogP) is 2.13. The van der Waals surface area contributed by atoms with Gasteiger partial charge in [0.2, 0.25) is 5.91 Å². The van der Waals surface area contributed by atoms with Gasteiger partial charge in [-0.05, 0) is 24.5 Å². The minimum absolute atomic E-state index is 0.0150. The molecule has 1 aromatic carbocycles. The molecule has 4 rings (SSSR count). The Labute approximate surface area is 149 Å². The zero-order chi connectivity index (χ0) is 17.4. The quantitative estimate of drug-likeness (QED) is 0.933. The number of carbonyl (C=O) groups is 1. The van der Waals surface area contributed by atoms with Gasteiger partial charge in [-0.1, -0.05) is 30.3 Å². The molecule has 4 atom stereocenters. The molecule has 0 spiro atoms. The van der Waals surface area contributed by atoms with Gasteiger partial charge in [-0.15, -0.1) is 0 Å². The van der Waals surface area contributed by atoms with Crippen molar-refractivity contribution in [3.8, 4) is 0 Å². The van der Waals surface area contributed by atoms with Crippen LogP contribution in [0.25, 0.3) is 0 Å². The second-order valence-corrected chi connectivity index (χ2v) is 7.50. The second kappa shape index (κ2) is 6.64. The molecule has 3 heterocycles. The zero-order valence-electron chi connectivity index (χ0n) is 14.9. The van der Waals surface area contributed by atoms with Crippen molar-refractivity contribution in [2.24, 2.45) is 13.0 Å². The van der Waals surface area contributed by atoms with Gasteiger partial charge < -0.3 is 10.2 Å². The molecule has 2 saturated heterocycles. The SMILES string of the molecule is CC1CC(c2ccccc2)CN1C(=O)[C@H]1CNC[C@@H]1c1cnn(C)c1. The van der Waals surface area contributed by atoms with Crippen molar-refractivity contribution in [3.63, 3.8) is 0 Å². The number of amides is 1. The molecule has 1 amide bonds. The van der Waals surface area contributed by atoms with Crippen LogP contribution in [0.15, 0.2) is 42.7 Å². The molecular weight excluding hydrogens is 312 g/mol. The van der Waals surface area contributed by atoms with Crippen molar-refractivity contribution < 1.29 is 4.79 Å². The summed E-state index contributed by atoms with van der Waals surface area (Å²) in [5.41, 5.74) is 2.51. The molecule has 1 aromatic heterocycles. The van der Waals surface area contributed by atoms with E-state index in [4.69, 9.17) is 0 Å². The van der Waals surface area contributed by atoms with Crippen molar-refractivity contribution in [2.45, 2.75) is 31.2 Å². The normalized spacial score (nSPS) is 29.3. The molecule has 25 heavy (non-hydrogen) atoms. The summed E-state index contributed by atoms with van der Waals surface area (Å²) in [7, 11) is 1.93. The summed E-state index contributed by atoms with van der Waals surface area (Å²) in [6.07, 6.45) is 4.99. The lowest BCUT2D eigenvalue weighted by Crippen LogP contribution is -2.40. The maximum atomic E-state index is 13.3. The first-order chi connectivity index (χ1) is 12.1. The maximum Gasteiger partial charge on any atom is 0.227 e. The largest absolute Gasteiger partial charge is 0.339 e. The lowest BCUT2D eigenvalue weighted by Gasteiger charge is -2.27. The molecule has 5 nitrogen and oxygen atoms in total. The fourth-order valence-corrected chi connectivity index (χ4v) is 4.44. The van der Waals surface area contributed by atoms with Crippen molar-refractivity contribution in [1.82, 2.24) is 20.0 Å². The molecule has 2 fully saturated rings. The number of benzene rings is 1. The van der Waals surface area contributed by atoms with Crippen LogP contribution in [0.1, 0.15) is 36.3 Å². The highest BCUT2D eigenvalue weighted by atomic mass is 16.2. The molecule has 0 radical (unpaired) electrons. The van der Waals surface area contributed by atoms with Crippen LogP contribution in [0, 0.1) is 5.92 Å². The van der Waals surface area contributed by atoms with Crippen molar-refractivity contribution in [2.75, 3.05) is 19.6 Å². The number of hydrogen-bond acceptors (Lipinski definition) is 3. The Morgan fingerprint density at radius 2 is 2.00 bits per heavy atom. The maximum absolute atomic E-state index is 13.3. The molecule has 1 N–H and O–H groups in total. The lowest BCUT2D eigenvalue weighted by molar-refractivity contribution is -0.135. The first-order valence-corrected chi connectivity index (χ1v) is 9.18. The Balaban J connectivity index is 1.50. The number of hydrogen-bond donors (Lipinski definition) is 1. The van der Waals surface area contributed by atoms with E-state index >= 15 is 0 Å². The van der Waals surface area contributed by atoms with Crippen LogP contribution >= 0.6 is 0 Å². The summed E-state index contributed by atoms with van der Waals surface area (Å²) in [6.45, 7) is 4.63. The number of rotatable bonds is 3. The van der Waals surface area contributed by atoms with E-state index in [0.717, 1.165) is 31.6 Å². The average molecular weight is 338 g/mol. The van der Waals surface area contributed by atoms with Crippen LogP contribution in [0.5, 0.6) is 0 Å². The average Bonchev–Trinajstić information content (AvgIpc) is 3.34. The Kier molecular flexibility index (Phi) is 4.34. The predicted molar refractivity (Wildman–Crippen MR) is 97.3 cm³/mol.